The van der Waals surface area contributed by atoms with Gasteiger partial charge in [-0.1, -0.05) is 105 Å². The third-order valence-electron chi connectivity index (χ3n) is 9.06. The maximum Gasteiger partial charge on any atom is 0.250 e. The Hall–Kier alpha value is -1.77. The number of allylic oxidation sites excluding steroid dienone is 1. The Kier molecular flexibility index (Phi) is 9.96. The average molecular weight is 585 g/mol. The van der Waals surface area contributed by atoms with Crippen molar-refractivity contribution in [1.82, 2.24) is 0 Å². The van der Waals surface area contributed by atoms with Crippen molar-refractivity contribution in [2.24, 2.45) is 0 Å². The van der Waals surface area contributed by atoms with Gasteiger partial charge in [0.15, 0.2) is 5.75 Å². The molecule has 0 amide bonds. The van der Waals surface area contributed by atoms with E-state index < -0.39 is 25.0 Å². The summed E-state index contributed by atoms with van der Waals surface area (Å²) in [5.74, 6) is 2.43. The van der Waals surface area contributed by atoms with Crippen molar-refractivity contribution >= 4 is 31.0 Å². The van der Waals surface area contributed by atoms with Crippen LogP contribution in [0, 0.1) is 0 Å². The summed E-state index contributed by atoms with van der Waals surface area (Å²) in [5, 5.41) is 0.158. The molecule has 218 valence electrons. The number of benzene rings is 2. The summed E-state index contributed by atoms with van der Waals surface area (Å²) in [5.41, 5.74) is 2.37. The van der Waals surface area contributed by atoms with Crippen LogP contribution in [-0.4, -0.2) is 25.0 Å². The van der Waals surface area contributed by atoms with Crippen LogP contribution >= 0.6 is 0 Å². The first-order valence-electron chi connectivity index (χ1n) is 14.4. The molecule has 3 nitrogen and oxygen atoms in total. The van der Waals surface area contributed by atoms with Crippen molar-refractivity contribution in [2.75, 3.05) is 0 Å². The van der Waals surface area contributed by atoms with Crippen LogP contribution in [0.25, 0.3) is 6.08 Å². The Balaban J connectivity index is 2.76. The van der Waals surface area contributed by atoms with Crippen molar-refractivity contribution in [3.05, 3.63) is 59.7 Å². The van der Waals surface area contributed by atoms with E-state index in [1.165, 1.54) is 5.56 Å². The van der Waals surface area contributed by atoms with Crippen LogP contribution in [0.3, 0.4) is 0 Å². The third kappa shape index (κ3) is 8.61. The fourth-order valence-corrected chi connectivity index (χ4v) is 6.19. The Morgan fingerprint density at radius 2 is 0.974 bits per heavy atom. The highest BCUT2D eigenvalue weighted by Gasteiger charge is 2.44. The van der Waals surface area contributed by atoms with Crippen LogP contribution in [0.1, 0.15) is 73.4 Å². The molecule has 0 atom stereocenters. The van der Waals surface area contributed by atoms with Crippen LogP contribution in [0.2, 0.25) is 54.4 Å². The summed E-state index contributed by atoms with van der Waals surface area (Å²) >= 11 is 0. The SMILES string of the molecule is CC(C)(C)[Si](C)(C)Oc1cc(/C=C/Cc2ccccc2)cc(O[Si](C)(C)C(C)(C)C)c1O[Si](C)(C)C(C)(C)C. The van der Waals surface area contributed by atoms with Crippen molar-refractivity contribution in [3.8, 4) is 17.2 Å². The molecule has 6 heteroatoms. The van der Waals surface area contributed by atoms with Crippen molar-refractivity contribution < 1.29 is 13.3 Å². The van der Waals surface area contributed by atoms with E-state index in [0.717, 1.165) is 29.2 Å². The lowest BCUT2D eigenvalue weighted by Gasteiger charge is -2.42. The normalized spacial score (nSPS) is 14.0. The van der Waals surface area contributed by atoms with E-state index in [9.17, 15) is 0 Å². The van der Waals surface area contributed by atoms with E-state index in [4.69, 9.17) is 13.3 Å². The Morgan fingerprint density at radius 1 is 0.590 bits per heavy atom. The zero-order valence-electron chi connectivity index (χ0n) is 27.6. The smallest absolute Gasteiger partial charge is 0.250 e. The van der Waals surface area contributed by atoms with Gasteiger partial charge < -0.3 is 13.3 Å². The van der Waals surface area contributed by atoms with Gasteiger partial charge in [0.25, 0.3) is 25.0 Å². The van der Waals surface area contributed by atoms with Crippen LogP contribution < -0.4 is 13.3 Å². The first-order valence-corrected chi connectivity index (χ1v) is 23.1. The fourth-order valence-electron chi connectivity index (χ4n) is 3.15. The minimum Gasteiger partial charge on any atom is -0.541 e. The average Bonchev–Trinajstić information content (AvgIpc) is 2.74. The van der Waals surface area contributed by atoms with Gasteiger partial charge in [-0.15, -0.1) is 0 Å². The highest BCUT2D eigenvalue weighted by molar-refractivity contribution is 6.76. The zero-order valence-corrected chi connectivity index (χ0v) is 30.6. The molecule has 0 heterocycles. The molecule has 0 saturated carbocycles. The lowest BCUT2D eigenvalue weighted by molar-refractivity contribution is 0.412. The maximum atomic E-state index is 7.08. The van der Waals surface area contributed by atoms with E-state index in [0.29, 0.717) is 0 Å². The second-order valence-electron chi connectivity index (χ2n) is 15.5. The summed E-state index contributed by atoms with van der Waals surface area (Å²) in [4.78, 5) is 0. The Labute approximate surface area is 243 Å². The first kappa shape index (κ1) is 33.4. The molecule has 0 radical (unpaired) electrons. The molecule has 2 aromatic rings. The standard InChI is InChI=1S/C33H56O3Si3/c1-31(2,3)37(10,11)34-28-24-27(23-19-22-26-20-17-16-18-21-26)25-29(35-38(12,13)32(4,5)6)30(28)36-39(14,15)33(7,8)9/h16-21,23-25H,22H2,1-15H3/b23-19+. The molecule has 0 aromatic heterocycles. The number of hydrogen-bond acceptors (Lipinski definition) is 3. The van der Waals surface area contributed by atoms with Gasteiger partial charge in [-0.3, -0.25) is 0 Å². The summed E-state index contributed by atoms with van der Waals surface area (Å²) in [6.07, 6.45) is 5.30. The highest BCUT2D eigenvalue weighted by atomic mass is 28.4. The van der Waals surface area contributed by atoms with Crippen molar-refractivity contribution in [1.29, 1.82) is 0 Å². The first-order chi connectivity index (χ1) is 17.5. The molecule has 2 rings (SSSR count). The molecule has 0 aliphatic carbocycles. The summed E-state index contributed by atoms with van der Waals surface area (Å²) in [6.45, 7) is 34.3. The summed E-state index contributed by atoms with van der Waals surface area (Å²) < 4.78 is 21.2. The molecule has 39 heavy (non-hydrogen) atoms. The minimum atomic E-state index is -2.19. The van der Waals surface area contributed by atoms with Crippen LogP contribution in [0.4, 0.5) is 0 Å². The fraction of sp³-hybridized carbons (Fsp3) is 0.576. The molecule has 2 aromatic carbocycles. The largest absolute Gasteiger partial charge is 0.541 e. The quantitative estimate of drug-likeness (QED) is 0.274. The van der Waals surface area contributed by atoms with Crippen molar-refractivity contribution in [3.63, 3.8) is 0 Å². The molecular formula is C33H56O3Si3. The number of rotatable bonds is 9. The van der Waals surface area contributed by atoms with Crippen LogP contribution in [-0.2, 0) is 6.42 Å². The third-order valence-corrected chi connectivity index (χ3v) is 22.1. The second-order valence-corrected chi connectivity index (χ2v) is 29.7. The molecule has 0 fully saturated rings. The van der Waals surface area contributed by atoms with Gasteiger partial charge in [-0.25, -0.2) is 0 Å². The topological polar surface area (TPSA) is 27.7 Å². The van der Waals surface area contributed by atoms with E-state index in [1.54, 1.807) is 0 Å². The lowest BCUT2D eigenvalue weighted by atomic mass is 10.1. The maximum absolute atomic E-state index is 7.08. The van der Waals surface area contributed by atoms with Crippen LogP contribution in [0.15, 0.2) is 48.5 Å². The molecule has 0 bridgehead atoms. The summed E-state index contributed by atoms with van der Waals surface area (Å²) in [7, 11) is -6.50. The van der Waals surface area contributed by atoms with E-state index in [-0.39, 0.29) is 15.1 Å². The van der Waals surface area contributed by atoms with Gasteiger partial charge in [-0.05, 0) is 84.1 Å². The highest BCUT2D eigenvalue weighted by Crippen LogP contribution is 2.50. The predicted molar refractivity (Wildman–Crippen MR) is 179 cm³/mol. The van der Waals surface area contributed by atoms with Gasteiger partial charge in [0.1, 0.15) is 11.5 Å². The molecular weight excluding hydrogens is 529 g/mol. The van der Waals surface area contributed by atoms with Gasteiger partial charge in [0.05, 0.1) is 0 Å². The van der Waals surface area contributed by atoms with Gasteiger partial charge >= 0.3 is 0 Å². The molecule has 0 unspecified atom stereocenters. The van der Waals surface area contributed by atoms with Gasteiger partial charge in [-0.2, -0.15) is 0 Å². The van der Waals surface area contributed by atoms with E-state index in [1.807, 2.05) is 0 Å². The van der Waals surface area contributed by atoms with E-state index in [2.05, 4.69) is 156 Å². The van der Waals surface area contributed by atoms with Crippen LogP contribution in [0.5, 0.6) is 17.2 Å². The molecule has 0 N–H and O–H groups in total. The van der Waals surface area contributed by atoms with E-state index >= 15 is 0 Å². The zero-order chi connectivity index (χ0) is 30.1. The van der Waals surface area contributed by atoms with Gasteiger partial charge in [0.2, 0.25) is 0 Å². The minimum absolute atomic E-state index is 0.0454. The number of hydrogen-bond donors (Lipinski definition) is 0. The Bertz CT molecular complexity index is 1080. The summed E-state index contributed by atoms with van der Waals surface area (Å²) in [6, 6.07) is 14.9. The van der Waals surface area contributed by atoms with Crippen molar-refractivity contribution in [2.45, 2.75) is 123 Å². The van der Waals surface area contributed by atoms with Gasteiger partial charge in [0, 0.05) is 0 Å². The lowest BCUT2D eigenvalue weighted by Crippen LogP contribution is -2.47. The molecule has 0 aliphatic rings. The molecule has 0 spiro atoms. The Morgan fingerprint density at radius 3 is 1.36 bits per heavy atom. The second kappa shape index (κ2) is 11.6. The molecule has 0 saturated heterocycles. The monoisotopic (exact) mass is 584 g/mol. The predicted octanol–water partition coefficient (Wildman–Crippen LogP) is 11.1. The molecule has 0 aliphatic heterocycles.